The van der Waals surface area contributed by atoms with E-state index in [9.17, 15) is 22.8 Å². The minimum absolute atomic E-state index is 0.0286. The van der Waals surface area contributed by atoms with Gasteiger partial charge < -0.3 is 19.7 Å². The van der Waals surface area contributed by atoms with Crippen molar-refractivity contribution in [1.29, 1.82) is 0 Å². The Balaban J connectivity index is 2.31. The summed E-state index contributed by atoms with van der Waals surface area (Å²) < 4.78 is 48.6. The zero-order chi connectivity index (χ0) is 20.2. The summed E-state index contributed by atoms with van der Waals surface area (Å²) in [6, 6.07) is 2.92. The SMILES string of the molecule is CCOCCOC(=O)C1=C(C)N(C)C(=O)N[C@H]1c1ccc(C(F)(F)F)cc1. The Morgan fingerprint density at radius 1 is 1.22 bits per heavy atom. The molecule has 6 nitrogen and oxygen atoms in total. The number of alkyl halides is 3. The molecule has 0 aliphatic carbocycles. The number of esters is 1. The van der Waals surface area contributed by atoms with Crippen molar-refractivity contribution in [2.24, 2.45) is 0 Å². The van der Waals surface area contributed by atoms with Gasteiger partial charge in [0.25, 0.3) is 0 Å². The van der Waals surface area contributed by atoms with Gasteiger partial charge in [0.1, 0.15) is 6.61 Å². The molecule has 148 valence electrons. The van der Waals surface area contributed by atoms with Crippen LogP contribution in [0.3, 0.4) is 0 Å². The van der Waals surface area contributed by atoms with E-state index in [1.807, 2.05) is 0 Å². The molecule has 0 unspecified atom stereocenters. The molecule has 2 rings (SSSR count). The smallest absolute Gasteiger partial charge is 0.416 e. The highest BCUT2D eigenvalue weighted by molar-refractivity contribution is 5.95. The number of benzene rings is 1. The molecule has 0 spiro atoms. The molecular weight excluding hydrogens is 365 g/mol. The van der Waals surface area contributed by atoms with Gasteiger partial charge >= 0.3 is 18.2 Å². The van der Waals surface area contributed by atoms with Crippen molar-refractivity contribution in [1.82, 2.24) is 10.2 Å². The second kappa shape index (κ2) is 8.43. The van der Waals surface area contributed by atoms with Gasteiger partial charge in [0, 0.05) is 19.4 Å². The van der Waals surface area contributed by atoms with E-state index in [4.69, 9.17) is 9.47 Å². The molecular formula is C18H21F3N2O4. The number of urea groups is 1. The van der Waals surface area contributed by atoms with E-state index in [0.717, 1.165) is 12.1 Å². The molecule has 1 aliphatic rings. The fraction of sp³-hybridized carbons (Fsp3) is 0.444. The van der Waals surface area contributed by atoms with Gasteiger partial charge in [-0.1, -0.05) is 12.1 Å². The number of allylic oxidation sites excluding steroid dienone is 1. The van der Waals surface area contributed by atoms with Crippen LogP contribution in [0.25, 0.3) is 0 Å². The van der Waals surface area contributed by atoms with E-state index >= 15 is 0 Å². The van der Waals surface area contributed by atoms with Crippen LogP contribution in [-0.2, 0) is 20.4 Å². The average Bonchev–Trinajstić information content (AvgIpc) is 2.62. The fourth-order valence-electron chi connectivity index (χ4n) is 2.63. The molecule has 0 radical (unpaired) electrons. The second-order valence-electron chi connectivity index (χ2n) is 5.89. The number of rotatable bonds is 6. The Morgan fingerprint density at radius 2 is 1.85 bits per heavy atom. The molecule has 27 heavy (non-hydrogen) atoms. The first-order chi connectivity index (χ1) is 12.7. The summed E-state index contributed by atoms with van der Waals surface area (Å²) >= 11 is 0. The van der Waals surface area contributed by atoms with Crippen molar-refractivity contribution in [2.45, 2.75) is 26.1 Å². The van der Waals surface area contributed by atoms with Gasteiger partial charge in [-0.25, -0.2) is 9.59 Å². The van der Waals surface area contributed by atoms with E-state index in [1.165, 1.54) is 24.1 Å². The lowest BCUT2D eigenvalue weighted by Gasteiger charge is -2.33. The number of nitrogens with zero attached hydrogens (tertiary/aromatic N) is 1. The number of ether oxygens (including phenoxy) is 2. The molecule has 0 fully saturated rings. The largest absolute Gasteiger partial charge is 0.460 e. The van der Waals surface area contributed by atoms with Crippen molar-refractivity contribution in [3.63, 3.8) is 0 Å². The first kappa shape index (κ1) is 20.8. The number of hydrogen-bond donors (Lipinski definition) is 1. The number of nitrogens with one attached hydrogen (secondary N) is 1. The molecule has 0 saturated carbocycles. The summed E-state index contributed by atoms with van der Waals surface area (Å²) in [6.45, 7) is 4.12. The highest BCUT2D eigenvalue weighted by Gasteiger charge is 2.36. The lowest BCUT2D eigenvalue weighted by molar-refractivity contribution is -0.141. The first-order valence-corrected chi connectivity index (χ1v) is 8.33. The minimum Gasteiger partial charge on any atom is -0.460 e. The Labute approximate surface area is 154 Å². The van der Waals surface area contributed by atoms with Gasteiger partial charge in [-0.05, 0) is 31.5 Å². The third kappa shape index (κ3) is 4.79. The van der Waals surface area contributed by atoms with Crippen LogP contribution in [0.5, 0.6) is 0 Å². The number of carbonyl (C=O) groups excluding carboxylic acids is 2. The monoisotopic (exact) mass is 386 g/mol. The van der Waals surface area contributed by atoms with Crippen molar-refractivity contribution in [3.05, 3.63) is 46.7 Å². The molecule has 1 aromatic carbocycles. The standard InChI is InChI=1S/C18H21F3N2O4/c1-4-26-9-10-27-16(24)14-11(2)23(3)17(25)22-15(14)12-5-7-13(8-6-12)18(19,20)21/h5-8,15H,4,9-10H2,1-3H3,(H,22,25)/t15-/m0/s1. The van der Waals surface area contributed by atoms with Crippen LogP contribution in [0, 0.1) is 0 Å². The van der Waals surface area contributed by atoms with Gasteiger partial charge in [0.2, 0.25) is 0 Å². The van der Waals surface area contributed by atoms with Gasteiger partial charge in [-0.3, -0.25) is 0 Å². The lowest BCUT2D eigenvalue weighted by Crippen LogP contribution is -2.46. The second-order valence-corrected chi connectivity index (χ2v) is 5.89. The van der Waals surface area contributed by atoms with Crippen molar-refractivity contribution in [3.8, 4) is 0 Å². The van der Waals surface area contributed by atoms with E-state index in [0.29, 0.717) is 17.9 Å². The number of halogens is 3. The maximum Gasteiger partial charge on any atom is 0.416 e. The van der Waals surface area contributed by atoms with Crippen molar-refractivity contribution < 1.29 is 32.2 Å². The summed E-state index contributed by atoms with van der Waals surface area (Å²) in [6.07, 6.45) is -4.47. The molecule has 1 heterocycles. The lowest BCUT2D eigenvalue weighted by atomic mass is 9.94. The molecule has 1 atom stereocenters. The van der Waals surface area contributed by atoms with Crippen LogP contribution in [0.4, 0.5) is 18.0 Å². The summed E-state index contributed by atoms with van der Waals surface area (Å²) in [5.74, 6) is -0.663. The quantitative estimate of drug-likeness (QED) is 0.602. The summed E-state index contributed by atoms with van der Waals surface area (Å²) in [7, 11) is 1.49. The highest BCUT2D eigenvalue weighted by atomic mass is 19.4. The predicted molar refractivity (Wildman–Crippen MR) is 90.6 cm³/mol. The van der Waals surface area contributed by atoms with E-state index in [-0.39, 0.29) is 18.8 Å². The third-order valence-corrected chi connectivity index (χ3v) is 4.21. The molecule has 1 aliphatic heterocycles. The normalized spacial score (nSPS) is 17.8. The number of carbonyl (C=O) groups is 2. The van der Waals surface area contributed by atoms with Crippen LogP contribution in [0.1, 0.15) is 31.0 Å². The van der Waals surface area contributed by atoms with E-state index in [1.54, 1.807) is 13.8 Å². The highest BCUT2D eigenvalue weighted by Crippen LogP contribution is 2.33. The number of hydrogen-bond acceptors (Lipinski definition) is 4. The molecule has 9 heteroatoms. The first-order valence-electron chi connectivity index (χ1n) is 8.33. The summed E-state index contributed by atoms with van der Waals surface area (Å²) in [5, 5.41) is 2.62. The number of amides is 2. The Kier molecular flexibility index (Phi) is 6.48. The Bertz CT molecular complexity index is 729. The maximum absolute atomic E-state index is 12.8. The zero-order valence-electron chi connectivity index (χ0n) is 15.2. The van der Waals surface area contributed by atoms with Crippen molar-refractivity contribution >= 4 is 12.0 Å². The van der Waals surface area contributed by atoms with Crippen LogP contribution < -0.4 is 5.32 Å². The topological polar surface area (TPSA) is 67.9 Å². The van der Waals surface area contributed by atoms with Crippen LogP contribution in [-0.4, -0.2) is 43.8 Å². The Morgan fingerprint density at radius 3 is 2.41 bits per heavy atom. The minimum atomic E-state index is -4.47. The summed E-state index contributed by atoms with van der Waals surface area (Å²) in [4.78, 5) is 25.9. The van der Waals surface area contributed by atoms with Crippen molar-refractivity contribution in [2.75, 3.05) is 26.9 Å². The van der Waals surface area contributed by atoms with Crippen LogP contribution in [0.15, 0.2) is 35.5 Å². The predicted octanol–water partition coefficient (Wildman–Crippen LogP) is 3.26. The van der Waals surface area contributed by atoms with Gasteiger partial charge in [0.05, 0.1) is 23.8 Å². The molecule has 1 aromatic rings. The third-order valence-electron chi connectivity index (χ3n) is 4.21. The van der Waals surface area contributed by atoms with Crippen LogP contribution >= 0.6 is 0 Å². The fourth-order valence-corrected chi connectivity index (χ4v) is 2.63. The molecule has 0 aromatic heterocycles. The maximum atomic E-state index is 12.8. The Hall–Kier alpha value is -2.55. The summed E-state index contributed by atoms with van der Waals surface area (Å²) in [5.41, 5.74) is 0.0611. The zero-order valence-corrected chi connectivity index (χ0v) is 15.2. The van der Waals surface area contributed by atoms with Gasteiger partial charge in [-0.2, -0.15) is 13.2 Å². The van der Waals surface area contributed by atoms with E-state index in [2.05, 4.69) is 5.32 Å². The molecule has 0 bridgehead atoms. The van der Waals surface area contributed by atoms with E-state index < -0.39 is 29.8 Å². The molecule has 1 N–H and O–H groups in total. The molecule has 2 amide bonds. The average molecular weight is 386 g/mol. The van der Waals surface area contributed by atoms with Gasteiger partial charge in [0.15, 0.2) is 0 Å². The van der Waals surface area contributed by atoms with Gasteiger partial charge in [-0.15, -0.1) is 0 Å². The molecule has 0 saturated heterocycles. The van der Waals surface area contributed by atoms with Crippen LogP contribution in [0.2, 0.25) is 0 Å².